The number of carbonyl (C=O) groups is 1. The molecule has 0 saturated carbocycles. The standard InChI is InChI=1S/C15H23NO2/c1-3-5-9-13(4-2)12-18-15(17)16-14-10-7-6-8-11-14/h6-8,10-11,13H,3-5,9,12H2,1-2H3,(H,16,17). The Labute approximate surface area is 110 Å². The fourth-order valence-corrected chi connectivity index (χ4v) is 1.77. The van der Waals surface area contributed by atoms with Crippen molar-refractivity contribution < 1.29 is 9.53 Å². The fourth-order valence-electron chi connectivity index (χ4n) is 1.77. The highest BCUT2D eigenvalue weighted by molar-refractivity contribution is 5.84. The van der Waals surface area contributed by atoms with Crippen molar-refractivity contribution in [3.63, 3.8) is 0 Å². The van der Waals surface area contributed by atoms with Crippen LogP contribution in [0.1, 0.15) is 39.5 Å². The summed E-state index contributed by atoms with van der Waals surface area (Å²) in [7, 11) is 0. The minimum absolute atomic E-state index is 0.365. The van der Waals surface area contributed by atoms with Crippen LogP contribution in [-0.4, -0.2) is 12.7 Å². The van der Waals surface area contributed by atoms with Gasteiger partial charge < -0.3 is 4.74 Å². The summed E-state index contributed by atoms with van der Waals surface area (Å²) >= 11 is 0. The number of para-hydroxylation sites is 1. The molecule has 3 nitrogen and oxygen atoms in total. The van der Waals surface area contributed by atoms with E-state index in [9.17, 15) is 4.79 Å². The van der Waals surface area contributed by atoms with Crippen LogP contribution in [0.4, 0.5) is 10.5 Å². The van der Waals surface area contributed by atoms with E-state index in [0.717, 1.165) is 18.5 Å². The highest BCUT2D eigenvalue weighted by Crippen LogP contribution is 2.13. The number of ether oxygens (including phenoxy) is 1. The predicted molar refractivity (Wildman–Crippen MR) is 74.7 cm³/mol. The molecule has 0 aliphatic carbocycles. The van der Waals surface area contributed by atoms with Gasteiger partial charge in [0.2, 0.25) is 0 Å². The highest BCUT2D eigenvalue weighted by Gasteiger charge is 2.09. The maximum absolute atomic E-state index is 11.6. The molecule has 1 amide bonds. The molecule has 0 fully saturated rings. The molecule has 0 heterocycles. The second-order valence-electron chi connectivity index (χ2n) is 4.51. The molecule has 18 heavy (non-hydrogen) atoms. The number of carbonyl (C=O) groups excluding carboxylic acids is 1. The quantitative estimate of drug-likeness (QED) is 0.775. The van der Waals surface area contributed by atoms with Crippen LogP contribution in [-0.2, 0) is 4.74 Å². The van der Waals surface area contributed by atoms with E-state index in [4.69, 9.17) is 4.74 Å². The Hall–Kier alpha value is -1.51. The first-order chi connectivity index (χ1) is 8.76. The van der Waals surface area contributed by atoms with Gasteiger partial charge in [-0.15, -0.1) is 0 Å². The SMILES string of the molecule is CCCCC(CC)COC(=O)Nc1ccccc1. The van der Waals surface area contributed by atoms with Gasteiger partial charge in [-0.3, -0.25) is 5.32 Å². The summed E-state index contributed by atoms with van der Waals surface area (Å²) in [6, 6.07) is 9.36. The summed E-state index contributed by atoms with van der Waals surface area (Å²) < 4.78 is 5.25. The van der Waals surface area contributed by atoms with E-state index < -0.39 is 0 Å². The van der Waals surface area contributed by atoms with Gasteiger partial charge in [0.05, 0.1) is 6.61 Å². The molecule has 100 valence electrons. The van der Waals surface area contributed by atoms with Crippen molar-refractivity contribution in [2.45, 2.75) is 39.5 Å². The van der Waals surface area contributed by atoms with E-state index in [0.29, 0.717) is 12.5 Å². The average molecular weight is 249 g/mol. The number of hydrogen-bond donors (Lipinski definition) is 1. The monoisotopic (exact) mass is 249 g/mol. The molecule has 1 aromatic rings. The topological polar surface area (TPSA) is 38.3 Å². The van der Waals surface area contributed by atoms with Gasteiger partial charge in [0, 0.05) is 5.69 Å². The molecule has 0 aromatic heterocycles. The number of unbranched alkanes of at least 4 members (excludes halogenated alkanes) is 1. The van der Waals surface area contributed by atoms with E-state index in [1.54, 1.807) is 0 Å². The first-order valence-corrected chi connectivity index (χ1v) is 6.75. The lowest BCUT2D eigenvalue weighted by Crippen LogP contribution is -2.18. The van der Waals surface area contributed by atoms with Crippen molar-refractivity contribution in [3.8, 4) is 0 Å². The van der Waals surface area contributed by atoms with E-state index in [-0.39, 0.29) is 6.09 Å². The van der Waals surface area contributed by atoms with Gasteiger partial charge in [-0.2, -0.15) is 0 Å². The Bertz CT molecular complexity index is 338. The molecular formula is C15H23NO2. The molecule has 0 aliphatic heterocycles. The Morgan fingerprint density at radius 2 is 2.00 bits per heavy atom. The molecule has 1 unspecified atom stereocenters. The van der Waals surface area contributed by atoms with Gasteiger partial charge in [0.1, 0.15) is 0 Å². The van der Waals surface area contributed by atoms with Crippen molar-refractivity contribution >= 4 is 11.8 Å². The van der Waals surface area contributed by atoms with E-state index >= 15 is 0 Å². The van der Waals surface area contributed by atoms with Crippen molar-refractivity contribution in [1.82, 2.24) is 0 Å². The minimum Gasteiger partial charge on any atom is -0.449 e. The molecule has 0 radical (unpaired) electrons. The Balaban J connectivity index is 2.27. The molecule has 1 atom stereocenters. The van der Waals surface area contributed by atoms with Crippen molar-refractivity contribution in [1.29, 1.82) is 0 Å². The third-order valence-electron chi connectivity index (χ3n) is 3.01. The summed E-state index contributed by atoms with van der Waals surface area (Å²) in [6.45, 7) is 4.82. The maximum atomic E-state index is 11.6. The molecule has 0 bridgehead atoms. The normalized spacial score (nSPS) is 11.9. The Kier molecular flexibility index (Phi) is 6.92. The molecule has 0 aliphatic rings. The van der Waals surface area contributed by atoms with Crippen LogP contribution in [0.3, 0.4) is 0 Å². The summed E-state index contributed by atoms with van der Waals surface area (Å²) in [4.78, 5) is 11.6. The lowest BCUT2D eigenvalue weighted by Gasteiger charge is -2.14. The molecule has 0 saturated heterocycles. The number of anilines is 1. The minimum atomic E-state index is -0.365. The first kappa shape index (κ1) is 14.6. The Morgan fingerprint density at radius 1 is 1.28 bits per heavy atom. The summed E-state index contributed by atoms with van der Waals surface area (Å²) in [6.07, 6.45) is 4.20. The van der Waals surface area contributed by atoms with Gasteiger partial charge in [0.25, 0.3) is 0 Å². The van der Waals surface area contributed by atoms with Crippen LogP contribution < -0.4 is 5.32 Å². The Morgan fingerprint density at radius 3 is 2.61 bits per heavy atom. The molecule has 1 N–H and O–H groups in total. The maximum Gasteiger partial charge on any atom is 0.411 e. The van der Waals surface area contributed by atoms with E-state index in [1.165, 1.54) is 12.8 Å². The molecule has 0 spiro atoms. The first-order valence-electron chi connectivity index (χ1n) is 6.75. The smallest absolute Gasteiger partial charge is 0.411 e. The zero-order valence-electron chi connectivity index (χ0n) is 11.3. The van der Waals surface area contributed by atoms with Crippen LogP contribution >= 0.6 is 0 Å². The second-order valence-corrected chi connectivity index (χ2v) is 4.51. The zero-order valence-corrected chi connectivity index (χ0v) is 11.3. The van der Waals surface area contributed by atoms with Crippen LogP contribution in [0.5, 0.6) is 0 Å². The fraction of sp³-hybridized carbons (Fsp3) is 0.533. The number of nitrogens with one attached hydrogen (secondary N) is 1. The molecular weight excluding hydrogens is 226 g/mol. The van der Waals surface area contributed by atoms with Gasteiger partial charge in [-0.25, -0.2) is 4.79 Å². The van der Waals surface area contributed by atoms with Crippen LogP contribution in [0, 0.1) is 5.92 Å². The summed E-state index contributed by atoms with van der Waals surface area (Å²) in [5, 5.41) is 2.72. The average Bonchev–Trinajstić information content (AvgIpc) is 2.40. The summed E-state index contributed by atoms with van der Waals surface area (Å²) in [5.41, 5.74) is 0.768. The van der Waals surface area contributed by atoms with Crippen LogP contribution in [0.2, 0.25) is 0 Å². The largest absolute Gasteiger partial charge is 0.449 e. The third kappa shape index (κ3) is 5.71. The van der Waals surface area contributed by atoms with E-state index in [1.807, 2.05) is 30.3 Å². The number of benzene rings is 1. The predicted octanol–water partition coefficient (Wildman–Crippen LogP) is 4.45. The third-order valence-corrected chi connectivity index (χ3v) is 3.01. The van der Waals surface area contributed by atoms with Gasteiger partial charge in [0.15, 0.2) is 0 Å². The zero-order chi connectivity index (χ0) is 13.2. The van der Waals surface area contributed by atoms with Crippen LogP contribution in [0.15, 0.2) is 30.3 Å². The van der Waals surface area contributed by atoms with Crippen molar-refractivity contribution in [2.75, 3.05) is 11.9 Å². The highest BCUT2D eigenvalue weighted by atomic mass is 16.5. The van der Waals surface area contributed by atoms with Crippen LogP contribution in [0.25, 0.3) is 0 Å². The second kappa shape index (κ2) is 8.56. The van der Waals surface area contributed by atoms with Gasteiger partial charge >= 0.3 is 6.09 Å². The lowest BCUT2D eigenvalue weighted by atomic mass is 10.0. The number of amides is 1. The molecule has 3 heteroatoms. The van der Waals surface area contributed by atoms with Crippen molar-refractivity contribution in [3.05, 3.63) is 30.3 Å². The molecule has 1 rings (SSSR count). The summed E-state index contributed by atoms with van der Waals surface area (Å²) in [5.74, 6) is 0.478. The van der Waals surface area contributed by atoms with Gasteiger partial charge in [-0.1, -0.05) is 51.3 Å². The van der Waals surface area contributed by atoms with Crippen molar-refractivity contribution in [2.24, 2.45) is 5.92 Å². The lowest BCUT2D eigenvalue weighted by molar-refractivity contribution is 0.136. The van der Waals surface area contributed by atoms with Gasteiger partial charge in [-0.05, 0) is 24.5 Å². The number of hydrogen-bond acceptors (Lipinski definition) is 2. The van der Waals surface area contributed by atoms with E-state index in [2.05, 4.69) is 19.2 Å². The number of rotatable bonds is 7. The molecule has 1 aromatic carbocycles.